The van der Waals surface area contributed by atoms with Crippen LogP contribution in [0.15, 0.2) is 47.9 Å². The molecule has 0 saturated carbocycles. The molecule has 3 rings (SSSR count). The Morgan fingerprint density at radius 3 is 2.71 bits per heavy atom. The van der Waals surface area contributed by atoms with Crippen molar-refractivity contribution in [1.29, 1.82) is 0 Å². The van der Waals surface area contributed by atoms with E-state index in [1.165, 1.54) is 6.42 Å². The maximum Gasteiger partial charge on any atom is 0.191 e. The normalized spacial score (nSPS) is 11.2. The maximum atomic E-state index is 6.39. The molecular weight excluding hydrogens is 394 g/mol. The van der Waals surface area contributed by atoms with E-state index in [1.54, 1.807) is 18.9 Å². The number of methoxy groups -OCH3 is 1. The van der Waals surface area contributed by atoms with Gasteiger partial charge in [-0.2, -0.15) is 5.10 Å². The number of hydrogen-bond donors (Lipinski definition) is 0. The van der Waals surface area contributed by atoms with E-state index in [0.29, 0.717) is 11.6 Å². The van der Waals surface area contributed by atoms with Crippen molar-refractivity contribution in [3.63, 3.8) is 0 Å². The Morgan fingerprint density at radius 1 is 1.04 bits per heavy atom. The second-order valence-electron chi connectivity index (χ2n) is 6.46. The number of benzene rings is 1. The van der Waals surface area contributed by atoms with Crippen molar-refractivity contribution in [2.75, 3.05) is 19.5 Å². The van der Waals surface area contributed by atoms with Crippen LogP contribution in [0, 0.1) is 0 Å². The van der Waals surface area contributed by atoms with Crippen molar-refractivity contribution in [3.8, 4) is 11.4 Å². The minimum Gasteiger partial charge on any atom is -0.385 e. The average Bonchev–Trinajstić information content (AvgIpc) is 3.35. The molecular formula is C20H26ClN5OS. The lowest BCUT2D eigenvalue weighted by molar-refractivity contribution is 0.189. The molecule has 0 amide bonds. The fourth-order valence-electron chi connectivity index (χ4n) is 2.95. The monoisotopic (exact) mass is 419 g/mol. The van der Waals surface area contributed by atoms with Crippen LogP contribution in [0.5, 0.6) is 0 Å². The highest BCUT2D eigenvalue weighted by Crippen LogP contribution is 2.29. The Labute approximate surface area is 175 Å². The topological polar surface area (TPSA) is 57.8 Å². The molecule has 0 atom stereocenters. The number of thioether (sulfide) groups is 1. The van der Waals surface area contributed by atoms with E-state index >= 15 is 0 Å². The van der Waals surface area contributed by atoms with Crippen LogP contribution in [0.1, 0.15) is 25.7 Å². The molecule has 3 aromatic rings. The number of rotatable bonds is 12. The van der Waals surface area contributed by atoms with Gasteiger partial charge in [0.25, 0.3) is 0 Å². The summed E-state index contributed by atoms with van der Waals surface area (Å²) < 4.78 is 9.35. The lowest BCUT2D eigenvalue weighted by Gasteiger charge is -2.11. The standard InChI is InChI=1S/C20H26ClN5OS/c1-27-15-8-14-26-19(17-9-3-4-10-18(17)21)23-24-20(26)28-16-6-2-5-12-25-13-7-11-22-25/h3-4,7,9-11,13H,2,5-6,8,12,14-16H2,1H3. The molecule has 0 aliphatic rings. The van der Waals surface area contributed by atoms with Crippen molar-refractivity contribution in [1.82, 2.24) is 24.5 Å². The Bertz CT molecular complexity index is 837. The van der Waals surface area contributed by atoms with Gasteiger partial charge in [0.1, 0.15) is 0 Å². The van der Waals surface area contributed by atoms with Gasteiger partial charge >= 0.3 is 0 Å². The average molecular weight is 420 g/mol. The molecule has 0 saturated heterocycles. The van der Waals surface area contributed by atoms with Gasteiger partial charge < -0.3 is 9.30 Å². The van der Waals surface area contributed by atoms with Crippen molar-refractivity contribution >= 4 is 23.4 Å². The number of nitrogens with zero attached hydrogens (tertiary/aromatic N) is 5. The SMILES string of the molecule is COCCCn1c(SCCCCCn2cccn2)nnc1-c1ccccc1Cl. The number of ether oxygens (including phenoxy) is 1. The second-order valence-corrected chi connectivity index (χ2v) is 7.93. The van der Waals surface area contributed by atoms with Crippen LogP contribution in [0.3, 0.4) is 0 Å². The van der Waals surface area contributed by atoms with Gasteiger partial charge in [0.2, 0.25) is 0 Å². The third kappa shape index (κ3) is 5.83. The highest BCUT2D eigenvalue weighted by Gasteiger charge is 2.16. The van der Waals surface area contributed by atoms with E-state index < -0.39 is 0 Å². The predicted octanol–water partition coefficient (Wildman–Crippen LogP) is 4.79. The molecule has 0 spiro atoms. The number of aryl methyl sites for hydroxylation is 1. The van der Waals surface area contributed by atoms with E-state index in [-0.39, 0.29) is 0 Å². The van der Waals surface area contributed by atoms with Gasteiger partial charge in [-0.1, -0.05) is 41.9 Å². The van der Waals surface area contributed by atoms with E-state index in [1.807, 2.05) is 47.4 Å². The van der Waals surface area contributed by atoms with Gasteiger partial charge in [-0.15, -0.1) is 10.2 Å². The fourth-order valence-corrected chi connectivity index (χ4v) is 4.14. The summed E-state index contributed by atoms with van der Waals surface area (Å²) >= 11 is 8.14. The van der Waals surface area contributed by atoms with Crippen LogP contribution in [-0.4, -0.2) is 44.0 Å². The van der Waals surface area contributed by atoms with Gasteiger partial charge in [0.05, 0.1) is 5.02 Å². The lowest BCUT2D eigenvalue weighted by atomic mass is 10.2. The molecule has 0 bridgehead atoms. The molecule has 0 aliphatic heterocycles. The first-order valence-corrected chi connectivity index (χ1v) is 10.9. The van der Waals surface area contributed by atoms with Crippen LogP contribution < -0.4 is 0 Å². The molecule has 0 radical (unpaired) electrons. The quantitative estimate of drug-likeness (QED) is 0.312. The third-order valence-corrected chi connectivity index (χ3v) is 5.77. The summed E-state index contributed by atoms with van der Waals surface area (Å²) in [6.45, 7) is 2.49. The first-order valence-electron chi connectivity index (χ1n) is 9.57. The van der Waals surface area contributed by atoms with Crippen molar-refractivity contribution < 1.29 is 4.74 Å². The molecule has 0 unspecified atom stereocenters. The first kappa shape index (κ1) is 20.9. The molecule has 6 nitrogen and oxygen atoms in total. The Hall–Kier alpha value is -1.83. The largest absolute Gasteiger partial charge is 0.385 e. The second kappa shape index (κ2) is 11.2. The summed E-state index contributed by atoms with van der Waals surface area (Å²) in [5, 5.41) is 14.7. The van der Waals surface area contributed by atoms with Crippen molar-refractivity contribution in [2.45, 2.75) is 43.9 Å². The van der Waals surface area contributed by atoms with Crippen LogP contribution in [0.4, 0.5) is 0 Å². The first-order chi connectivity index (χ1) is 13.8. The van der Waals surface area contributed by atoms with Gasteiger partial charge in [0.15, 0.2) is 11.0 Å². The molecule has 0 aliphatic carbocycles. The van der Waals surface area contributed by atoms with E-state index in [4.69, 9.17) is 16.3 Å². The van der Waals surface area contributed by atoms with Crippen LogP contribution in [-0.2, 0) is 17.8 Å². The lowest BCUT2D eigenvalue weighted by Crippen LogP contribution is -2.05. The van der Waals surface area contributed by atoms with Crippen LogP contribution >= 0.6 is 23.4 Å². The predicted molar refractivity (Wildman–Crippen MR) is 114 cm³/mol. The smallest absolute Gasteiger partial charge is 0.191 e. The molecule has 0 N–H and O–H groups in total. The number of unbranched alkanes of at least 4 members (excludes halogenated alkanes) is 2. The summed E-state index contributed by atoms with van der Waals surface area (Å²) in [4.78, 5) is 0. The molecule has 2 heterocycles. The molecule has 2 aromatic heterocycles. The summed E-state index contributed by atoms with van der Waals surface area (Å²) in [5.41, 5.74) is 0.917. The molecule has 0 fully saturated rings. The minimum atomic E-state index is 0.693. The Kier molecular flexibility index (Phi) is 8.39. The molecule has 1 aromatic carbocycles. The summed E-state index contributed by atoms with van der Waals surface area (Å²) in [5.74, 6) is 1.84. The summed E-state index contributed by atoms with van der Waals surface area (Å²) in [6.07, 6.45) is 8.17. The summed E-state index contributed by atoms with van der Waals surface area (Å²) in [6, 6.07) is 9.74. The Morgan fingerprint density at radius 2 is 1.93 bits per heavy atom. The van der Waals surface area contributed by atoms with Gasteiger partial charge in [-0.3, -0.25) is 4.68 Å². The maximum absolute atomic E-state index is 6.39. The van der Waals surface area contributed by atoms with E-state index in [9.17, 15) is 0 Å². The number of aromatic nitrogens is 5. The van der Waals surface area contributed by atoms with Crippen molar-refractivity contribution in [3.05, 3.63) is 47.7 Å². The highest BCUT2D eigenvalue weighted by molar-refractivity contribution is 7.99. The summed E-state index contributed by atoms with van der Waals surface area (Å²) in [7, 11) is 1.72. The minimum absolute atomic E-state index is 0.693. The molecule has 8 heteroatoms. The highest BCUT2D eigenvalue weighted by atomic mass is 35.5. The molecule has 28 heavy (non-hydrogen) atoms. The van der Waals surface area contributed by atoms with E-state index in [0.717, 1.165) is 54.6 Å². The zero-order valence-electron chi connectivity index (χ0n) is 16.1. The number of halogens is 1. The zero-order chi connectivity index (χ0) is 19.6. The Balaban J connectivity index is 1.57. The number of hydrogen-bond acceptors (Lipinski definition) is 5. The van der Waals surface area contributed by atoms with E-state index in [2.05, 4.69) is 19.9 Å². The third-order valence-electron chi connectivity index (χ3n) is 4.38. The zero-order valence-corrected chi connectivity index (χ0v) is 17.7. The van der Waals surface area contributed by atoms with Crippen LogP contribution in [0.2, 0.25) is 5.02 Å². The van der Waals surface area contributed by atoms with Gasteiger partial charge in [-0.25, -0.2) is 0 Å². The van der Waals surface area contributed by atoms with Gasteiger partial charge in [0, 0.05) is 50.5 Å². The van der Waals surface area contributed by atoms with Gasteiger partial charge in [-0.05, 0) is 37.5 Å². The van der Waals surface area contributed by atoms with Crippen molar-refractivity contribution in [2.24, 2.45) is 0 Å². The van der Waals surface area contributed by atoms with Crippen LogP contribution in [0.25, 0.3) is 11.4 Å². The molecule has 150 valence electrons. The fraction of sp³-hybridized carbons (Fsp3) is 0.450.